The lowest BCUT2D eigenvalue weighted by Crippen LogP contribution is -2.74. The number of benzene rings is 4. The van der Waals surface area contributed by atoms with Crippen LogP contribution in [0.1, 0.15) is 41.4 Å². The van der Waals surface area contributed by atoms with Crippen LogP contribution in [-0.4, -0.2) is 32.0 Å². The maximum atomic E-state index is 12.5. The second kappa shape index (κ2) is 7.71. The van der Waals surface area contributed by atoms with E-state index < -0.39 is 32.0 Å². The molecule has 2 aliphatic heterocycles. The van der Waals surface area contributed by atoms with E-state index in [9.17, 15) is 19.2 Å². The molecule has 0 unspecified atom stereocenters. The van der Waals surface area contributed by atoms with Crippen LogP contribution in [0, 0.1) is 0 Å². The van der Waals surface area contributed by atoms with Crippen molar-refractivity contribution in [2.24, 2.45) is 0 Å². The quantitative estimate of drug-likeness (QED) is 0.193. The van der Waals surface area contributed by atoms with Crippen molar-refractivity contribution >= 4 is 52.7 Å². The van der Waals surface area contributed by atoms with Crippen molar-refractivity contribution in [2.75, 3.05) is 0 Å². The Balaban J connectivity index is 1.73. The van der Waals surface area contributed by atoms with E-state index in [0.717, 1.165) is 20.7 Å². The Morgan fingerprint density at radius 1 is 0.400 bits per heavy atom. The van der Waals surface area contributed by atoms with Crippen molar-refractivity contribution in [3.05, 3.63) is 119 Å². The van der Waals surface area contributed by atoms with Gasteiger partial charge in [0.15, 0.2) is 8.07 Å². The van der Waals surface area contributed by atoms with Gasteiger partial charge in [0.1, 0.15) is 0 Å². The van der Waals surface area contributed by atoms with Gasteiger partial charge < -0.3 is 9.47 Å². The Morgan fingerprint density at radius 2 is 0.771 bits per heavy atom. The molecule has 0 saturated carbocycles. The van der Waals surface area contributed by atoms with Crippen LogP contribution in [0.3, 0.4) is 0 Å². The molecule has 0 aromatic heterocycles. The molecule has 2 aliphatic rings. The zero-order valence-electron chi connectivity index (χ0n) is 18.2. The molecule has 0 bridgehead atoms. The van der Waals surface area contributed by atoms with Gasteiger partial charge in [0.05, 0.1) is 22.3 Å². The largest absolute Gasteiger partial charge is 0.386 e. The molecule has 7 heteroatoms. The Kier molecular flexibility index (Phi) is 4.62. The van der Waals surface area contributed by atoms with Gasteiger partial charge in [-0.05, 0) is 45.0 Å². The van der Waals surface area contributed by atoms with E-state index in [1.54, 1.807) is 24.3 Å². The first-order valence-corrected chi connectivity index (χ1v) is 12.9. The van der Waals surface area contributed by atoms with Crippen LogP contribution in [0.2, 0.25) is 0 Å². The molecule has 0 atom stereocenters. The standard InChI is InChI=1S/C28H16O6Si/c29-25-21-13-11-19(15-23(21)27(31)33-25)35(17-7-3-1-4-8-17,18-9-5-2-6-10-18)20-12-14-22-24(16-20)28(32)34-26(22)30/h1-16H. The van der Waals surface area contributed by atoms with Crippen LogP contribution >= 0.6 is 0 Å². The maximum Gasteiger partial charge on any atom is 0.346 e. The molecule has 4 aromatic carbocycles. The zero-order valence-corrected chi connectivity index (χ0v) is 19.2. The van der Waals surface area contributed by atoms with E-state index >= 15 is 0 Å². The van der Waals surface area contributed by atoms with Crippen molar-refractivity contribution in [3.63, 3.8) is 0 Å². The van der Waals surface area contributed by atoms with Gasteiger partial charge in [-0.3, -0.25) is 0 Å². The van der Waals surface area contributed by atoms with Crippen molar-refractivity contribution in [2.45, 2.75) is 0 Å². The highest BCUT2D eigenvalue weighted by atomic mass is 28.3. The summed E-state index contributed by atoms with van der Waals surface area (Å²) in [6, 6.07) is 30.1. The molecule has 0 fully saturated rings. The van der Waals surface area contributed by atoms with Crippen LogP contribution in [-0.2, 0) is 9.47 Å². The number of fused-ring (bicyclic) bond motifs is 2. The predicted octanol–water partition coefficient (Wildman–Crippen LogP) is 1.69. The average molecular weight is 477 g/mol. The minimum Gasteiger partial charge on any atom is -0.386 e. The molecular formula is C28H16O6Si. The minimum absolute atomic E-state index is 0.215. The van der Waals surface area contributed by atoms with Crippen LogP contribution in [0.25, 0.3) is 0 Å². The molecular weight excluding hydrogens is 460 g/mol. The third-order valence-electron chi connectivity index (χ3n) is 6.57. The highest BCUT2D eigenvalue weighted by Gasteiger charge is 2.44. The fraction of sp³-hybridized carbons (Fsp3) is 0. The molecule has 0 saturated heterocycles. The number of hydrogen-bond acceptors (Lipinski definition) is 6. The second-order valence-corrected chi connectivity index (χ2v) is 12.2. The lowest BCUT2D eigenvalue weighted by atomic mass is 10.1. The molecule has 168 valence electrons. The zero-order chi connectivity index (χ0) is 24.2. The van der Waals surface area contributed by atoms with Crippen LogP contribution in [0.5, 0.6) is 0 Å². The van der Waals surface area contributed by atoms with Crippen molar-refractivity contribution in [1.29, 1.82) is 0 Å². The molecule has 0 radical (unpaired) electrons. The number of carbonyl (C=O) groups is 4. The lowest BCUT2D eigenvalue weighted by Gasteiger charge is -2.34. The number of carbonyl (C=O) groups excluding carboxylic acids is 4. The first-order valence-electron chi connectivity index (χ1n) is 10.9. The van der Waals surface area contributed by atoms with E-state index in [1.165, 1.54) is 0 Å². The summed E-state index contributed by atoms with van der Waals surface area (Å²) in [4.78, 5) is 49.2. The van der Waals surface area contributed by atoms with Gasteiger partial charge in [-0.15, -0.1) is 0 Å². The molecule has 6 nitrogen and oxygen atoms in total. The highest BCUT2D eigenvalue weighted by Crippen LogP contribution is 2.23. The van der Waals surface area contributed by atoms with E-state index in [1.807, 2.05) is 72.8 Å². The Hall–Kier alpha value is -4.62. The summed E-state index contributed by atoms with van der Waals surface area (Å²) in [5, 5.41) is 3.67. The van der Waals surface area contributed by atoms with E-state index in [-0.39, 0.29) is 22.3 Å². The Bertz CT molecular complexity index is 1440. The van der Waals surface area contributed by atoms with Gasteiger partial charge >= 0.3 is 23.9 Å². The fourth-order valence-corrected chi connectivity index (χ4v) is 9.79. The van der Waals surface area contributed by atoms with E-state index in [2.05, 4.69) is 0 Å². The predicted molar refractivity (Wildman–Crippen MR) is 130 cm³/mol. The summed E-state index contributed by atoms with van der Waals surface area (Å²) in [5.41, 5.74) is 0.885. The molecule has 0 spiro atoms. The summed E-state index contributed by atoms with van der Waals surface area (Å²) < 4.78 is 9.68. The number of cyclic esters (lactones) is 4. The topological polar surface area (TPSA) is 86.7 Å². The van der Waals surface area contributed by atoms with Gasteiger partial charge in [-0.2, -0.15) is 0 Å². The molecule has 2 heterocycles. The molecule has 0 N–H and O–H groups in total. The van der Waals surface area contributed by atoms with Crippen molar-refractivity contribution < 1.29 is 28.7 Å². The Labute approximate surface area is 200 Å². The van der Waals surface area contributed by atoms with Gasteiger partial charge in [-0.25, -0.2) is 19.2 Å². The van der Waals surface area contributed by atoms with Gasteiger partial charge in [0.25, 0.3) is 0 Å². The SMILES string of the molecule is O=C1OC(=O)c2cc([Si](c3ccccc3)(c3ccccc3)c3ccc4c(c3)C(=O)OC4=O)ccc21. The van der Waals surface area contributed by atoms with Crippen molar-refractivity contribution in [3.8, 4) is 0 Å². The molecule has 6 rings (SSSR count). The fourth-order valence-electron chi connectivity index (χ4n) is 5.01. The molecule has 35 heavy (non-hydrogen) atoms. The van der Waals surface area contributed by atoms with Crippen LogP contribution in [0.4, 0.5) is 0 Å². The lowest BCUT2D eigenvalue weighted by molar-refractivity contribution is 0.0425. The van der Waals surface area contributed by atoms with E-state index in [4.69, 9.17) is 9.47 Å². The number of hydrogen-bond donors (Lipinski definition) is 0. The van der Waals surface area contributed by atoms with Crippen LogP contribution in [0.15, 0.2) is 97.1 Å². The summed E-state index contributed by atoms with van der Waals surface area (Å²) in [7, 11) is -3.13. The van der Waals surface area contributed by atoms with Gasteiger partial charge in [0, 0.05) is 0 Å². The summed E-state index contributed by atoms with van der Waals surface area (Å²) in [6.45, 7) is 0. The third-order valence-corrected chi connectivity index (χ3v) is 11.3. The first-order chi connectivity index (χ1) is 17.0. The molecule has 0 aliphatic carbocycles. The third kappa shape index (κ3) is 3.02. The minimum atomic E-state index is -3.13. The molecule has 4 aromatic rings. The number of esters is 4. The van der Waals surface area contributed by atoms with Crippen molar-refractivity contribution in [1.82, 2.24) is 0 Å². The van der Waals surface area contributed by atoms with E-state index in [0.29, 0.717) is 0 Å². The van der Waals surface area contributed by atoms with Crippen LogP contribution < -0.4 is 20.7 Å². The first kappa shape index (κ1) is 20.9. The van der Waals surface area contributed by atoms with Gasteiger partial charge in [0.2, 0.25) is 0 Å². The summed E-state index contributed by atoms with van der Waals surface area (Å²) >= 11 is 0. The smallest absolute Gasteiger partial charge is 0.346 e. The normalized spacial score (nSPS) is 14.4. The molecule has 0 amide bonds. The average Bonchev–Trinajstić information content (AvgIpc) is 3.34. The Morgan fingerprint density at radius 3 is 1.17 bits per heavy atom. The summed E-state index contributed by atoms with van der Waals surface area (Å²) in [5.74, 6) is -2.69. The number of ether oxygens (including phenoxy) is 2. The maximum absolute atomic E-state index is 12.5. The number of rotatable bonds is 4. The second-order valence-electron chi connectivity index (χ2n) is 8.36. The summed E-state index contributed by atoms with van der Waals surface area (Å²) in [6.07, 6.45) is 0. The monoisotopic (exact) mass is 476 g/mol. The highest BCUT2D eigenvalue weighted by molar-refractivity contribution is 7.20. The van der Waals surface area contributed by atoms with Gasteiger partial charge in [-0.1, -0.05) is 72.8 Å².